The van der Waals surface area contributed by atoms with Crippen molar-refractivity contribution in [2.45, 2.75) is 25.0 Å². The Bertz CT molecular complexity index is 498. The average molecular weight is 301 g/mol. The number of halogens is 2. The molecule has 0 aromatic heterocycles. The van der Waals surface area contributed by atoms with Gasteiger partial charge in [0.2, 0.25) is 0 Å². The summed E-state index contributed by atoms with van der Waals surface area (Å²) in [6.07, 6.45) is 1.58. The van der Waals surface area contributed by atoms with Crippen LogP contribution >= 0.6 is 11.6 Å². The van der Waals surface area contributed by atoms with Gasteiger partial charge in [-0.15, -0.1) is 0 Å². The molecule has 1 heterocycles. The molecular weight excluding hydrogens is 283 g/mol. The molecule has 4 nitrogen and oxygen atoms in total. The van der Waals surface area contributed by atoms with Crippen LogP contribution in [0.3, 0.4) is 0 Å². The molecule has 2 N–H and O–H groups in total. The molecule has 0 bridgehead atoms. The van der Waals surface area contributed by atoms with Gasteiger partial charge in [0, 0.05) is 31.8 Å². The van der Waals surface area contributed by atoms with Gasteiger partial charge in [0.25, 0.3) is 5.91 Å². The van der Waals surface area contributed by atoms with Crippen molar-refractivity contribution in [3.05, 3.63) is 34.6 Å². The molecule has 1 aliphatic rings. The van der Waals surface area contributed by atoms with Crippen LogP contribution in [-0.2, 0) is 4.74 Å². The van der Waals surface area contributed by atoms with E-state index in [0.717, 1.165) is 6.42 Å². The van der Waals surface area contributed by atoms with Crippen LogP contribution in [-0.4, -0.2) is 43.2 Å². The number of methoxy groups -OCH3 is 1. The van der Waals surface area contributed by atoms with Crippen LogP contribution in [0.25, 0.3) is 0 Å². The van der Waals surface area contributed by atoms with Gasteiger partial charge in [-0.25, -0.2) is 4.39 Å². The molecule has 1 aliphatic heterocycles. The van der Waals surface area contributed by atoms with Gasteiger partial charge >= 0.3 is 0 Å². The predicted molar refractivity (Wildman–Crippen MR) is 75.3 cm³/mol. The zero-order valence-corrected chi connectivity index (χ0v) is 12.1. The third-order valence-corrected chi connectivity index (χ3v) is 4.01. The van der Waals surface area contributed by atoms with Crippen LogP contribution in [0.5, 0.6) is 0 Å². The Balaban J connectivity index is 2.17. The van der Waals surface area contributed by atoms with E-state index in [2.05, 4.69) is 0 Å². The lowest BCUT2D eigenvalue weighted by Crippen LogP contribution is -2.51. The normalized spacial score (nSPS) is 22.9. The first-order valence-corrected chi connectivity index (χ1v) is 6.93. The number of nitrogens with two attached hydrogens (primary N) is 1. The maximum absolute atomic E-state index is 13.5. The van der Waals surface area contributed by atoms with Gasteiger partial charge in [0.1, 0.15) is 5.82 Å². The van der Waals surface area contributed by atoms with Crippen molar-refractivity contribution in [1.82, 2.24) is 4.90 Å². The highest BCUT2D eigenvalue weighted by molar-refractivity contribution is 6.30. The number of likely N-dealkylation sites (tertiary alicyclic amines) is 1. The molecule has 0 radical (unpaired) electrons. The molecular formula is C14H18ClFN2O2. The second kappa shape index (κ2) is 6.52. The fraction of sp³-hybridized carbons (Fsp3) is 0.500. The minimum atomic E-state index is -0.589. The summed E-state index contributed by atoms with van der Waals surface area (Å²) in [5, 5.41) is 0.00927. The summed E-state index contributed by atoms with van der Waals surface area (Å²) in [5.41, 5.74) is 6.03. The van der Waals surface area contributed by atoms with E-state index in [9.17, 15) is 9.18 Å². The Hall–Kier alpha value is -1.17. The lowest BCUT2D eigenvalue weighted by atomic mass is 9.98. The van der Waals surface area contributed by atoms with E-state index < -0.39 is 5.82 Å². The molecule has 20 heavy (non-hydrogen) atoms. The van der Waals surface area contributed by atoms with Crippen molar-refractivity contribution in [1.29, 1.82) is 0 Å². The molecule has 0 aliphatic carbocycles. The first kappa shape index (κ1) is 15.2. The van der Waals surface area contributed by atoms with Crippen molar-refractivity contribution >= 4 is 17.5 Å². The Morgan fingerprint density at radius 2 is 2.35 bits per heavy atom. The maximum atomic E-state index is 13.5. The Morgan fingerprint density at radius 3 is 2.95 bits per heavy atom. The number of carbonyl (C=O) groups is 1. The van der Waals surface area contributed by atoms with Gasteiger partial charge in [0.05, 0.1) is 11.1 Å². The van der Waals surface area contributed by atoms with Crippen LogP contribution in [0.15, 0.2) is 18.2 Å². The number of hydrogen-bond donors (Lipinski definition) is 1. The lowest BCUT2D eigenvalue weighted by molar-refractivity contribution is 0.0139. The standard InChI is InChI=1S/C14H18ClFN2O2/c1-20-11-4-5-18(10(7-11)8-17)14(19)9-2-3-12(15)13(16)6-9/h2-3,6,10-11H,4-5,7-8,17H2,1H3. The average Bonchev–Trinajstić information content (AvgIpc) is 2.48. The topological polar surface area (TPSA) is 55.6 Å². The van der Waals surface area contributed by atoms with Crippen molar-refractivity contribution < 1.29 is 13.9 Å². The zero-order valence-electron chi connectivity index (χ0n) is 11.3. The monoisotopic (exact) mass is 300 g/mol. The Morgan fingerprint density at radius 1 is 1.60 bits per heavy atom. The van der Waals surface area contributed by atoms with Gasteiger partial charge < -0.3 is 15.4 Å². The number of rotatable bonds is 3. The molecule has 110 valence electrons. The SMILES string of the molecule is COC1CCN(C(=O)c2ccc(Cl)c(F)c2)C(CN)C1. The summed E-state index contributed by atoms with van der Waals surface area (Å²) < 4.78 is 18.8. The minimum absolute atomic E-state index is 0.00927. The summed E-state index contributed by atoms with van der Waals surface area (Å²) in [7, 11) is 1.66. The molecule has 0 spiro atoms. The van der Waals surface area contributed by atoms with Crippen LogP contribution in [0.1, 0.15) is 23.2 Å². The number of piperidine rings is 1. The Kier molecular flexibility index (Phi) is 4.96. The van der Waals surface area contributed by atoms with Crippen LogP contribution in [0.4, 0.5) is 4.39 Å². The van der Waals surface area contributed by atoms with Crippen molar-refractivity contribution in [3.8, 4) is 0 Å². The van der Waals surface area contributed by atoms with E-state index in [0.29, 0.717) is 25.1 Å². The van der Waals surface area contributed by atoms with Crippen LogP contribution in [0, 0.1) is 5.82 Å². The zero-order chi connectivity index (χ0) is 14.7. The Labute approximate surface area is 122 Å². The van der Waals surface area contributed by atoms with E-state index in [1.54, 1.807) is 12.0 Å². The lowest BCUT2D eigenvalue weighted by Gasteiger charge is -2.38. The van der Waals surface area contributed by atoms with Gasteiger partial charge in [0.15, 0.2) is 0 Å². The number of hydrogen-bond acceptors (Lipinski definition) is 3. The molecule has 1 aromatic carbocycles. The minimum Gasteiger partial charge on any atom is -0.381 e. The quantitative estimate of drug-likeness (QED) is 0.929. The van der Waals surface area contributed by atoms with Gasteiger partial charge in [-0.05, 0) is 31.0 Å². The van der Waals surface area contributed by atoms with E-state index in [4.69, 9.17) is 22.1 Å². The highest BCUT2D eigenvalue weighted by Crippen LogP contribution is 2.23. The van der Waals surface area contributed by atoms with Crippen LogP contribution in [0.2, 0.25) is 5.02 Å². The van der Waals surface area contributed by atoms with E-state index in [1.807, 2.05) is 0 Å². The molecule has 6 heteroatoms. The largest absolute Gasteiger partial charge is 0.381 e. The maximum Gasteiger partial charge on any atom is 0.254 e. The summed E-state index contributed by atoms with van der Waals surface area (Å²) >= 11 is 5.63. The van der Waals surface area contributed by atoms with Gasteiger partial charge in [-0.1, -0.05) is 11.6 Å². The molecule has 2 rings (SSSR count). The molecule has 1 saturated heterocycles. The smallest absolute Gasteiger partial charge is 0.254 e. The molecule has 1 amide bonds. The van der Waals surface area contributed by atoms with E-state index in [-0.39, 0.29) is 23.1 Å². The van der Waals surface area contributed by atoms with Gasteiger partial charge in [-0.2, -0.15) is 0 Å². The highest BCUT2D eigenvalue weighted by atomic mass is 35.5. The fourth-order valence-electron chi connectivity index (χ4n) is 2.51. The number of amides is 1. The van der Waals surface area contributed by atoms with Gasteiger partial charge in [-0.3, -0.25) is 4.79 Å². The van der Waals surface area contributed by atoms with Crippen LogP contribution < -0.4 is 5.73 Å². The third kappa shape index (κ3) is 3.11. The molecule has 1 aromatic rings. The predicted octanol–water partition coefficient (Wildman–Crippen LogP) is 2.06. The van der Waals surface area contributed by atoms with E-state index in [1.165, 1.54) is 18.2 Å². The van der Waals surface area contributed by atoms with E-state index >= 15 is 0 Å². The number of carbonyl (C=O) groups excluding carboxylic acids is 1. The number of benzene rings is 1. The number of ether oxygens (including phenoxy) is 1. The summed E-state index contributed by atoms with van der Waals surface area (Å²) in [6.45, 7) is 0.922. The highest BCUT2D eigenvalue weighted by Gasteiger charge is 2.31. The molecule has 2 unspecified atom stereocenters. The summed E-state index contributed by atoms with van der Waals surface area (Å²) in [4.78, 5) is 14.1. The number of nitrogens with zero attached hydrogens (tertiary/aromatic N) is 1. The second-order valence-corrected chi connectivity index (χ2v) is 5.31. The summed E-state index contributed by atoms with van der Waals surface area (Å²) in [5.74, 6) is -0.806. The molecule has 0 saturated carbocycles. The second-order valence-electron chi connectivity index (χ2n) is 4.90. The van der Waals surface area contributed by atoms with Crippen molar-refractivity contribution in [2.75, 3.05) is 20.2 Å². The molecule has 1 fully saturated rings. The summed E-state index contributed by atoms with van der Waals surface area (Å²) in [6, 6.07) is 4.01. The first-order valence-electron chi connectivity index (χ1n) is 6.55. The fourth-order valence-corrected chi connectivity index (χ4v) is 2.63. The van der Waals surface area contributed by atoms with Crippen molar-refractivity contribution in [3.63, 3.8) is 0 Å². The molecule has 2 atom stereocenters. The first-order chi connectivity index (χ1) is 9.56. The third-order valence-electron chi connectivity index (χ3n) is 3.70. The van der Waals surface area contributed by atoms with Crippen molar-refractivity contribution in [2.24, 2.45) is 5.73 Å².